The van der Waals surface area contributed by atoms with Gasteiger partial charge in [-0.2, -0.15) is 0 Å². The number of rotatable bonds is 8. The van der Waals surface area contributed by atoms with E-state index in [9.17, 15) is 15.0 Å². The topological polar surface area (TPSA) is 57.5 Å². The Morgan fingerprint density at radius 3 is 2.56 bits per heavy atom. The molecular formula is C22H30O3. The summed E-state index contributed by atoms with van der Waals surface area (Å²) in [4.78, 5) is 11.7. The number of carboxylic acid groups (broad SMARTS) is 1. The van der Waals surface area contributed by atoms with Gasteiger partial charge in [-0.1, -0.05) is 37.3 Å². The Kier molecular flexibility index (Phi) is 5.51. The lowest BCUT2D eigenvalue weighted by Crippen LogP contribution is -2.21. The van der Waals surface area contributed by atoms with E-state index in [4.69, 9.17) is 0 Å². The molecule has 0 amide bonds. The second-order valence-corrected chi connectivity index (χ2v) is 8.08. The van der Waals surface area contributed by atoms with E-state index < -0.39 is 11.9 Å². The Morgan fingerprint density at radius 1 is 1.28 bits per heavy atom. The number of carbonyl (C=O) groups is 1. The molecule has 0 aromatic heterocycles. The number of phenolic OH excluding ortho intramolecular Hbond substituents is 1. The number of aliphatic carboxylic acids is 1. The first-order valence-electron chi connectivity index (χ1n) is 9.70. The maximum atomic E-state index is 11.7. The van der Waals surface area contributed by atoms with E-state index in [1.807, 2.05) is 19.1 Å². The minimum Gasteiger partial charge on any atom is -0.508 e. The standard InChI is InChI=1S/C22H30O3/c1-2-17(21(24)25)18(19-8-3-4-9-20(19)23)7-5-6-12-22-13-10-16(15-22)11-14-22/h3-6,8-9,16-18,23H,2,7,10-15H2,1H3,(H,24,25). The van der Waals surface area contributed by atoms with Crippen molar-refractivity contribution in [3.05, 3.63) is 42.0 Å². The van der Waals surface area contributed by atoms with Gasteiger partial charge in [-0.05, 0) is 74.3 Å². The molecule has 1 aromatic rings. The van der Waals surface area contributed by atoms with Gasteiger partial charge in [0.25, 0.3) is 0 Å². The van der Waals surface area contributed by atoms with Crippen molar-refractivity contribution in [3.8, 4) is 5.75 Å². The molecular weight excluding hydrogens is 312 g/mol. The van der Waals surface area contributed by atoms with Gasteiger partial charge in [0.15, 0.2) is 0 Å². The Morgan fingerprint density at radius 2 is 2.00 bits per heavy atom. The van der Waals surface area contributed by atoms with Crippen LogP contribution in [0.5, 0.6) is 5.75 Å². The van der Waals surface area contributed by atoms with E-state index in [1.54, 1.807) is 12.1 Å². The second-order valence-electron chi connectivity index (χ2n) is 8.08. The van der Waals surface area contributed by atoms with Crippen LogP contribution in [0.15, 0.2) is 36.4 Å². The van der Waals surface area contributed by atoms with Gasteiger partial charge in [-0.15, -0.1) is 0 Å². The first-order valence-corrected chi connectivity index (χ1v) is 9.70. The highest BCUT2D eigenvalue weighted by molar-refractivity contribution is 5.71. The molecule has 3 heteroatoms. The fourth-order valence-corrected chi connectivity index (χ4v) is 5.11. The molecule has 0 aliphatic heterocycles. The van der Waals surface area contributed by atoms with Gasteiger partial charge in [0, 0.05) is 5.92 Å². The van der Waals surface area contributed by atoms with Crippen molar-refractivity contribution in [2.75, 3.05) is 0 Å². The highest BCUT2D eigenvalue weighted by Crippen LogP contribution is 2.56. The third-order valence-corrected chi connectivity index (χ3v) is 6.57. The normalized spacial score (nSPS) is 27.6. The highest BCUT2D eigenvalue weighted by Gasteiger charge is 2.43. The van der Waals surface area contributed by atoms with E-state index >= 15 is 0 Å². The summed E-state index contributed by atoms with van der Waals surface area (Å²) >= 11 is 0. The van der Waals surface area contributed by atoms with Crippen molar-refractivity contribution in [2.45, 2.75) is 64.2 Å². The summed E-state index contributed by atoms with van der Waals surface area (Å²) in [5.41, 5.74) is 1.28. The minimum atomic E-state index is -0.780. The van der Waals surface area contributed by atoms with E-state index in [-0.39, 0.29) is 11.7 Å². The number of benzene rings is 1. The average Bonchev–Trinajstić information content (AvgIpc) is 3.19. The third kappa shape index (κ3) is 3.91. The van der Waals surface area contributed by atoms with E-state index in [2.05, 4.69) is 12.2 Å². The van der Waals surface area contributed by atoms with Crippen LogP contribution in [0, 0.1) is 17.3 Å². The molecule has 0 radical (unpaired) electrons. The highest BCUT2D eigenvalue weighted by atomic mass is 16.4. The van der Waals surface area contributed by atoms with Gasteiger partial charge in [0.2, 0.25) is 0 Å². The van der Waals surface area contributed by atoms with Crippen LogP contribution in [0.25, 0.3) is 0 Å². The van der Waals surface area contributed by atoms with Crippen LogP contribution in [0.1, 0.15) is 69.8 Å². The average molecular weight is 342 g/mol. The van der Waals surface area contributed by atoms with Crippen LogP contribution >= 0.6 is 0 Å². The quantitative estimate of drug-likeness (QED) is 0.613. The molecule has 2 N–H and O–H groups in total. The molecule has 2 unspecified atom stereocenters. The summed E-state index contributed by atoms with van der Waals surface area (Å²) in [5.74, 6) is -0.277. The molecule has 2 fully saturated rings. The van der Waals surface area contributed by atoms with Crippen LogP contribution in [0.2, 0.25) is 0 Å². The van der Waals surface area contributed by atoms with Crippen LogP contribution in [-0.4, -0.2) is 16.2 Å². The number of carboxylic acids is 1. The van der Waals surface area contributed by atoms with Gasteiger partial charge in [0.1, 0.15) is 5.75 Å². The maximum Gasteiger partial charge on any atom is 0.307 e. The molecule has 3 rings (SSSR count). The molecule has 2 atom stereocenters. The number of para-hydroxylation sites is 1. The zero-order chi connectivity index (χ0) is 17.9. The lowest BCUT2D eigenvalue weighted by atomic mass is 9.79. The van der Waals surface area contributed by atoms with Crippen molar-refractivity contribution in [2.24, 2.45) is 17.3 Å². The number of hydrogen-bond donors (Lipinski definition) is 2. The number of allylic oxidation sites excluding steroid dienone is 2. The smallest absolute Gasteiger partial charge is 0.307 e. The molecule has 3 nitrogen and oxygen atoms in total. The van der Waals surface area contributed by atoms with Crippen molar-refractivity contribution >= 4 is 5.97 Å². The molecule has 0 saturated heterocycles. The number of phenols is 1. The van der Waals surface area contributed by atoms with Gasteiger partial charge in [-0.25, -0.2) is 0 Å². The second kappa shape index (κ2) is 7.63. The SMILES string of the molecule is CCC(C(=O)O)C(CC=CCC12CCC(CC1)C2)c1ccccc1O. The lowest BCUT2D eigenvalue weighted by Gasteiger charge is -2.25. The molecule has 2 aliphatic carbocycles. The summed E-state index contributed by atoms with van der Waals surface area (Å²) < 4.78 is 0. The largest absolute Gasteiger partial charge is 0.508 e. The number of aromatic hydroxyl groups is 1. The maximum absolute atomic E-state index is 11.7. The van der Waals surface area contributed by atoms with Crippen LogP contribution < -0.4 is 0 Å². The fraction of sp³-hybridized carbons (Fsp3) is 0.591. The number of fused-ring (bicyclic) bond motifs is 2. The van der Waals surface area contributed by atoms with E-state index in [0.29, 0.717) is 18.3 Å². The molecule has 25 heavy (non-hydrogen) atoms. The van der Waals surface area contributed by atoms with Gasteiger partial charge in [-0.3, -0.25) is 4.79 Å². The molecule has 1 aromatic carbocycles. The molecule has 2 aliphatic rings. The van der Waals surface area contributed by atoms with E-state index in [1.165, 1.54) is 32.1 Å². The summed E-state index contributed by atoms with van der Waals surface area (Å²) in [7, 11) is 0. The molecule has 0 spiro atoms. The minimum absolute atomic E-state index is 0.183. The lowest BCUT2D eigenvalue weighted by molar-refractivity contribution is -0.142. The predicted octanol–water partition coefficient (Wildman–Crippen LogP) is 5.50. The van der Waals surface area contributed by atoms with Gasteiger partial charge in [0.05, 0.1) is 5.92 Å². The fourth-order valence-electron chi connectivity index (χ4n) is 5.11. The van der Waals surface area contributed by atoms with Crippen LogP contribution in [0.4, 0.5) is 0 Å². The Bertz CT molecular complexity index is 626. The van der Waals surface area contributed by atoms with Crippen LogP contribution in [-0.2, 0) is 4.79 Å². The zero-order valence-electron chi connectivity index (χ0n) is 15.2. The van der Waals surface area contributed by atoms with Crippen LogP contribution in [0.3, 0.4) is 0 Å². The Balaban J connectivity index is 1.70. The van der Waals surface area contributed by atoms with Crippen molar-refractivity contribution in [1.29, 1.82) is 0 Å². The van der Waals surface area contributed by atoms with E-state index in [0.717, 1.165) is 17.9 Å². The monoisotopic (exact) mass is 342 g/mol. The van der Waals surface area contributed by atoms with Gasteiger partial charge < -0.3 is 10.2 Å². The molecule has 0 heterocycles. The molecule has 2 bridgehead atoms. The van der Waals surface area contributed by atoms with Gasteiger partial charge >= 0.3 is 5.97 Å². The predicted molar refractivity (Wildman–Crippen MR) is 99.6 cm³/mol. The third-order valence-electron chi connectivity index (χ3n) is 6.57. The summed E-state index contributed by atoms with van der Waals surface area (Å²) in [5, 5.41) is 19.8. The van der Waals surface area contributed by atoms with Crippen molar-refractivity contribution in [3.63, 3.8) is 0 Å². The van der Waals surface area contributed by atoms with Crippen molar-refractivity contribution < 1.29 is 15.0 Å². The number of hydrogen-bond acceptors (Lipinski definition) is 2. The zero-order valence-corrected chi connectivity index (χ0v) is 15.2. The first-order chi connectivity index (χ1) is 12.0. The molecule has 2 saturated carbocycles. The summed E-state index contributed by atoms with van der Waals surface area (Å²) in [6.45, 7) is 1.91. The molecule has 136 valence electrons. The summed E-state index contributed by atoms with van der Waals surface area (Å²) in [6.07, 6.45) is 13.7. The van der Waals surface area contributed by atoms with Crippen molar-refractivity contribution in [1.82, 2.24) is 0 Å². The Labute approximate surface area is 150 Å². The summed E-state index contributed by atoms with van der Waals surface area (Å²) in [6, 6.07) is 7.16. The Hall–Kier alpha value is -1.77. The first kappa shape index (κ1) is 18.0.